The Morgan fingerprint density at radius 2 is 2.08 bits per heavy atom. The van der Waals surface area contributed by atoms with Crippen LogP contribution in [0.4, 0.5) is 0 Å². The summed E-state index contributed by atoms with van der Waals surface area (Å²) in [5.74, 6) is -0.663. The zero-order valence-corrected chi connectivity index (χ0v) is 10.3. The number of aliphatic hydroxyl groups is 1. The van der Waals surface area contributed by atoms with Crippen molar-refractivity contribution in [2.75, 3.05) is 6.54 Å². The number of amides is 1. The van der Waals surface area contributed by atoms with Crippen LogP contribution in [0.15, 0.2) is 0 Å². The molecule has 1 amide bonds. The number of carbonyl (C=O) groups is 1. The molecular formula is C5H10NNaO5S. The standard InChI is InChI=1S/C5H11NO5S.Na/c1-2-6-4(7)3-5(8)12(9,10)11;/h5,8H,2-3H2,1H3,(H,6,7)(H,9,10,11);/q;+1/p-1. The molecule has 0 rings (SSSR count). The van der Waals surface area contributed by atoms with Gasteiger partial charge in [-0.25, -0.2) is 8.42 Å². The van der Waals surface area contributed by atoms with Gasteiger partial charge in [0, 0.05) is 6.54 Å². The van der Waals surface area contributed by atoms with Gasteiger partial charge in [-0.15, -0.1) is 0 Å². The van der Waals surface area contributed by atoms with Gasteiger partial charge in [0.1, 0.15) is 10.1 Å². The minimum absolute atomic E-state index is 0. The third-order valence-corrected chi connectivity index (χ3v) is 1.90. The molecule has 1 atom stereocenters. The maximum absolute atomic E-state index is 10.6. The molecule has 0 fully saturated rings. The van der Waals surface area contributed by atoms with E-state index in [0.717, 1.165) is 0 Å². The van der Waals surface area contributed by atoms with Crippen LogP contribution in [0.2, 0.25) is 0 Å². The molecule has 8 heteroatoms. The van der Waals surface area contributed by atoms with E-state index >= 15 is 0 Å². The van der Waals surface area contributed by atoms with Gasteiger partial charge in [-0.1, -0.05) is 0 Å². The monoisotopic (exact) mass is 219 g/mol. The van der Waals surface area contributed by atoms with Gasteiger partial charge in [0.2, 0.25) is 5.91 Å². The van der Waals surface area contributed by atoms with Crippen molar-refractivity contribution in [3.8, 4) is 0 Å². The third kappa shape index (κ3) is 7.41. The van der Waals surface area contributed by atoms with Crippen molar-refractivity contribution in [3.05, 3.63) is 0 Å². The van der Waals surface area contributed by atoms with E-state index in [2.05, 4.69) is 5.32 Å². The molecule has 0 aromatic heterocycles. The van der Waals surface area contributed by atoms with E-state index in [1.54, 1.807) is 6.92 Å². The molecule has 2 N–H and O–H groups in total. The predicted octanol–water partition coefficient (Wildman–Crippen LogP) is -4.62. The molecule has 0 aliphatic heterocycles. The zero-order chi connectivity index (χ0) is 9.78. The van der Waals surface area contributed by atoms with Gasteiger partial charge >= 0.3 is 29.6 Å². The topological polar surface area (TPSA) is 107 Å². The molecule has 0 aliphatic carbocycles. The summed E-state index contributed by atoms with van der Waals surface area (Å²) in [6.07, 6.45) is -0.709. The van der Waals surface area contributed by atoms with Crippen LogP contribution in [0.1, 0.15) is 13.3 Å². The van der Waals surface area contributed by atoms with E-state index in [4.69, 9.17) is 5.11 Å². The molecule has 0 radical (unpaired) electrons. The first-order valence-corrected chi connectivity index (χ1v) is 4.74. The predicted molar refractivity (Wildman–Crippen MR) is 39.0 cm³/mol. The van der Waals surface area contributed by atoms with Gasteiger partial charge < -0.3 is 15.0 Å². The number of carbonyl (C=O) groups excluding carboxylic acids is 1. The smallest absolute Gasteiger partial charge is 0.746 e. The molecule has 0 saturated carbocycles. The molecule has 0 aromatic carbocycles. The Morgan fingerprint density at radius 1 is 1.62 bits per heavy atom. The average Bonchev–Trinajstić information content (AvgIpc) is 1.85. The second-order valence-electron chi connectivity index (χ2n) is 2.11. The Bertz CT molecular complexity index is 252. The van der Waals surface area contributed by atoms with Crippen molar-refractivity contribution < 1.29 is 52.4 Å². The Labute approximate surface area is 98.7 Å². The quantitative estimate of drug-likeness (QED) is 0.365. The molecule has 0 aliphatic rings. The van der Waals surface area contributed by atoms with Gasteiger partial charge in [-0.05, 0) is 6.92 Å². The summed E-state index contributed by atoms with van der Waals surface area (Å²) < 4.78 is 30.3. The van der Waals surface area contributed by atoms with Crippen LogP contribution in [-0.4, -0.2) is 36.0 Å². The maximum Gasteiger partial charge on any atom is 1.00 e. The minimum atomic E-state index is -4.77. The molecule has 6 nitrogen and oxygen atoms in total. The van der Waals surface area contributed by atoms with Gasteiger partial charge in [-0.3, -0.25) is 4.79 Å². The normalized spacial score (nSPS) is 12.8. The number of aliphatic hydroxyl groups excluding tert-OH is 1. The molecule has 13 heavy (non-hydrogen) atoms. The average molecular weight is 219 g/mol. The van der Waals surface area contributed by atoms with Crippen LogP contribution >= 0.6 is 0 Å². The fourth-order valence-electron chi connectivity index (χ4n) is 0.530. The van der Waals surface area contributed by atoms with E-state index in [-0.39, 0.29) is 29.6 Å². The molecule has 1 unspecified atom stereocenters. The summed E-state index contributed by atoms with van der Waals surface area (Å²) in [5.41, 5.74) is -2.15. The summed E-state index contributed by atoms with van der Waals surface area (Å²) in [6.45, 7) is 1.96. The Balaban J connectivity index is 0. The first kappa shape index (κ1) is 15.8. The Kier molecular flexibility index (Phi) is 8.19. The largest absolute Gasteiger partial charge is 1.00 e. The number of rotatable bonds is 4. The second kappa shape index (κ2) is 6.74. The number of hydrogen-bond acceptors (Lipinski definition) is 5. The summed E-state index contributed by atoms with van der Waals surface area (Å²) >= 11 is 0. The van der Waals surface area contributed by atoms with Gasteiger partial charge in [-0.2, -0.15) is 0 Å². The van der Waals surface area contributed by atoms with Crippen molar-refractivity contribution in [1.82, 2.24) is 5.32 Å². The van der Waals surface area contributed by atoms with Crippen molar-refractivity contribution in [2.45, 2.75) is 18.8 Å². The zero-order valence-electron chi connectivity index (χ0n) is 7.48. The van der Waals surface area contributed by atoms with E-state index in [1.165, 1.54) is 0 Å². The van der Waals surface area contributed by atoms with E-state index in [0.29, 0.717) is 6.54 Å². The van der Waals surface area contributed by atoms with Crippen LogP contribution in [0, 0.1) is 0 Å². The summed E-state index contributed by atoms with van der Waals surface area (Å²) in [7, 11) is -4.77. The molecular weight excluding hydrogens is 209 g/mol. The first-order valence-electron chi connectivity index (χ1n) is 3.27. The van der Waals surface area contributed by atoms with Gasteiger partial charge in [0.05, 0.1) is 6.42 Å². The van der Waals surface area contributed by atoms with E-state index in [1.807, 2.05) is 0 Å². The molecule has 0 heterocycles. The van der Waals surface area contributed by atoms with Crippen LogP contribution in [0.3, 0.4) is 0 Å². The van der Waals surface area contributed by atoms with Gasteiger partial charge in [0.15, 0.2) is 5.44 Å². The number of hydrogen-bond donors (Lipinski definition) is 2. The van der Waals surface area contributed by atoms with Crippen LogP contribution in [0.5, 0.6) is 0 Å². The molecule has 0 spiro atoms. The number of nitrogens with one attached hydrogen (secondary N) is 1. The fourth-order valence-corrected chi connectivity index (χ4v) is 0.885. The van der Waals surface area contributed by atoms with Crippen LogP contribution in [-0.2, 0) is 14.9 Å². The van der Waals surface area contributed by atoms with Crippen LogP contribution < -0.4 is 34.9 Å². The summed E-state index contributed by atoms with van der Waals surface area (Å²) in [6, 6.07) is 0. The molecule has 72 valence electrons. The molecule has 0 aromatic rings. The summed E-state index contributed by atoms with van der Waals surface area (Å²) in [4.78, 5) is 10.6. The van der Waals surface area contributed by atoms with Crippen molar-refractivity contribution in [3.63, 3.8) is 0 Å². The maximum atomic E-state index is 10.6. The minimum Gasteiger partial charge on any atom is -0.746 e. The van der Waals surface area contributed by atoms with Gasteiger partial charge in [0.25, 0.3) is 0 Å². The van der Waals surface area contributed by atoms with Crippen molar-refractivity contribution >= 4 is 16.0 Å². The van der Waals surface area contributed by atoms with Crippen molar-refractivity contribution in [1.29, 1.82) is 0 Å². The van der Waals surface area contributed by atoms with E-state index in [9.17, 15) is 17.8 Å². The van der Waals surface area contributed by atoms with E-state index < -0.39 is 27.9 Å². The summed E-state index contributed by atoms with van der Waals surface area (Å²) in [5, 5.41) is 10.9. The second-order valence-corrected chi connectivity index (χ2v) is 3.63. The third-order valence-electron chi connectivity index (χ3n) is 1.07. The van der Waals surface area contributed by atoms with Crippen LogP contribution in [0.25, 0.3) is 0 Å². The Morgan fingerprint density at radius 3 is 2.38 bits per heavy atom. The van der Waals surface area contributed by atoms with Crippen molar-refractivity contribution in [2.24, 2.45) is 0 Å². The SMILES string of the molecule is CCNC(=O)CC(O)S(=O)(=O)[O-].[Na+]. The molecule has 0 saturated heterocycles. The first-order chi connectivity index (χ1) is 5.38. The molecule has 0 bridgehead atoms. The Hall–Kier alpha value is 0.340. The fraction of sp³-hybridized carbons (Fsp3) is 0.800.